The van der Waals surface area contributed by atoms with Crippen LogP contribution in [-0.4, -0.2) is 29.0 Å². The summed E-state index contributed by atoms with van der Waals surface area (Å²) in [4.78, 5) is 20.9. The topological polar surface area (TPSA) is 76.1 Å². The van der Waals surface area contributed by atoms with E-state index < -0.39 is 0 Å². The standard InChI is InChI=1S/C19H24N4O2/c1-25-16-9-7-14(8-10-16)13-21-19-20-12-11-17(23-19)18(24)22-15-5-3-2-4-6-15/h7-12,15H,2-6,13H2,1H3,(H,22,24)(H,20,21,23). The number of nitrogens with one attached hydrogen (secondary N) is 2. The zero-order valence-corrected chi connectivity index (χ0v) is 14.5. The van der Waals surface area contributed by atoms with Gasteiger partial charge in [-0.2, -0.15) is 0 Å². The van der Waals surface area contributed by atoms with Crippen LogP contribution < -0.4 is 15.4 Å². The van der Waals surface area contributed by atoms with Crippen LogP contribution in [0, 0.1) is 0 Å². The molecule has 0 radical (unpaired) electrons. The van der Waals surface area contributed by atoms with Crippen LogP contribution in [0.25, 0.3) is 0 Å². The highest BCUT2D eigenvalue weighted by atomic mass is 16.5. The molecule has 6 nitrogen and oxygen atoms in total. The van der Waals surface area contributed by atoms with E-state index in [9.17, 15) is 4.79 Å². The number of ether oxygens (including phenoxy) is 1. The second-order valence-corrected chi connectivity index (χ2v) is 6.28. The van der Waals surface area contributed by atoms with Crippen LogP contribution in [0.3, 0.4) is 0 Å². The van der Waals surface area contributed by atoms with E-state index in [-0.39, 0.29) is 11.9 Å². The summed E-state index contributed by atoms with van der Waals surface area (Å²) in [5.41, 5.74) is 1.49. The molecule has 0 bridgehead atoms. The van der Waals surface area contributed by atoms with E-state index in [1.165, 1.54) is 19.3 Å². The van der Waals surface area contributed by atoms with Gasteiger partial charge in [-0.1, -0.05) is 31.4 Å². The molecular weight excluding hydrogens is 316 g/mol. The van der Waals surface area contributed by atoms with E-state index in [4.69, 9.17) is 4.74 Å². The molecule has 25 heavy (non-hydrogen) atoms. The Balaban J connectivity index is 1.57. The summed E-state index contributed by atoms with van der Waals surface area (Å²) < 4.78 is 5.15. The van der Waals surface area contributed by atoms with Crippen molar-refractivity contribution in [1.29, 1.82) is 0 Å². The van der Waals surface area contributed by atoms with E-state index in [0.29, 0.717) is 18.2 Å². The van der Waals surface area contributed by atoms with Gasteiger partial charge in [0.2, 0.25) is 5.95 Å². The fraction of sp³-hybridized carbons (Fsp3) is 0.421. The molecule has 0 saturated heterocycles. The predicted molar refractivity (Wildman–Crippen MR) is 96.7 cm³/mol. The molecule has 6 heteroatoms. The van der Waals surface area contributed by atoms with Gasteiger partial charge in [0, 0.05) is 18.8 Å². The molecule has 1 amide bonds. The van der Waals surface area contributed by atoms with Crippen molar-refractivity contribution in [3.63, 3.8) is 0 Å². The second-order valence-electron chi connectivity index (χ2n) is 6.28. The molecule has 1 aliphatic rings. The Morgan fingerprint density at radius 3 is 2.64 bits per heavy atom. The zero-order valence-electron chi connectivity index (χ0n) is 14.5. The third kappa shape index (κ3) is 4.92. The molecule has 1 aromatic carbocycles. The lowest BCUT2D eigenvalue weighted by Gasteiger charge is -2.22. The van der Waals surface area contributed by atoms with Gasteiger partial charge in [0.1, 0.15) is 11.4 Å². The van der Waals surface area contributed by atoms with Crippen molar-refractivity contribution < 1.29 is 9.53 Å². The van der Waals surface area contributed by atoms with Crippen LogP contribution in [-0.2, 0) is 6.54 Å². The third-order valence-electron chi connectivity index (χ3n) is 4.44. The SMILES string of the molecule is COc1ccc(CNc2nccc(C(=O)NC3CCCCC3)n2)cc1. The number of hydrogen-bond donors (Lipinski definition) is 2. The highest BCUT2D eigenvalue weighted by molar-refractivity contribution is 5.92. The molecule has 1 fully saturated rings. The number of anilines is 1. The fourth-order valence-electron chi connectivity index (χ4n) is 3.00. The number of hydrogen-bond acceptors (Lipinski definition) is 5. The molecule has 0 unspecified atom stereocenters. The first kappa shape index (κ1) is 17.2. The molecule has 0 aliphatic heterocycles. The van der Waals surface area contributed by atoms with Crippen molar-refractivity contribution in [1.82, 2.24) is 15.3 Å². The van der Waals surface area contributed by atoms with Gasteiger partial charge in [-0.3, -0.25) is 4.79 Å². The second kappa shape index (κ2) is 8.46. The van der Waals surface area contributed by atoms with Crippen LogP contribution in [0.1, 0.15) is 48.2 Å². The van der Waals surface area contributed by atoms with Gasteiger partial charge in [0.05, 0.1) is 7.11 Å². The van der Waals surface area contributed by atoms with E-state index in [2.05, 4.69) is 20.6 Å². The summed E-state index contributed by atoms with van der Waals surface area (Å²) in [6.07, 6.45) is 7.35. The number of nitrogens with zero attached hydrogens (tertiary/aromatic N) is 2. The van der Waals surface area contributed by atoms with Crippen molar-refractivity contribution in [2.75, 3.05) is 12.4 Å². The Morgan fingerprint density at radius 2 is 1.92 bits per heavy atom. The number of carbonyl (C=O) groups excluding carboxylic acids is 1. The van der Waals surface area contributed by atoms with E-state index in [1.807, 2.05) is 24.3 Å². The van der Waals surface area contributed by atoms with Gasteiger partial charge in [-0.25, -0.2) is 9.97 Å². The summed E-state index contributed by atoms with van der Waals surface area (Å²) >= 11 is 0. The number of carbonyl (C=O) groups is 1. The average Bonchev–Trinajstić information content (AvgIpc) is 2.68. The summed E-state index contributed by atoms with van der Waals surface area (Å²) in [6.45, 7) is 0.581. The van der Waals surface area contributed by atoms with E-state index in [1.54, 1.807) is 19.4 Å². The number of amides is 1. The zero-order chi connectivity index (χ0) is 17.5. The van der Waals surface area contributed by atoms with Crippen molar-refractivity contribution in [2.24, 2.45) is 0 Å². The van der Waals surface area contributed by atoms with Crippen LogP contribution in [0.4, 0.5) is 5.95 Å². The lowest BCUT2D eigenvalue weighted by Crippen LogP contribution is -2.36. The highest BCUT2D eigenvalue weighted by Crippen LogP contribution is 2.18. The largest absolute Gasteiger partial charge is 0.497 e. The van der Waals surface area contributed by atoms with Crippen LogP contribution in [0.15, 0.2) is 36.5 Å². The minimum Gasteiger partial charge on any atom is -0.497 e. The fourth-order valence-corrected chi connectivity index (χ4v) is 3.00. The van der Waals surface area contributed by atoms with Crippen LogP contribution >= 0.6 is 0 Å². The first-order valence-corrected chi connectivity index (χ1v) is 8.75. The average molecular weight is 340 g/mol. The van der Waals surface area contributed by atoms with Crippen LogP contribution in [0.5, 0.6) is 5.75 Å². The lowest BCUT2D eigenvalue weighted by molar-refractivity contribution is 0.0922. The minimum absolute atomic E-state index is 0.123. The number of rotatable bonds is 6. The summed E-state index contributed by atoms with van der Waals surface area (Å²) in [7, 11) is 1.64. The molecule has 0 spiro atoms. The quantitative estimate of drug-likeness (QED) is 0.845. The minimum atomic E-state index is -0.123. The molecule has 2 aromatic rings. The van der Waals surface area contributed by atoms with Gasteiger partial charge >= 0.3 is 0 Å². The summed E-state index contributed by atoms with van der Waals surface area (Å²) in [6, 6.07) is 9.69. The maximum Gasteiger partial charge on any atom is 0.270 e. The van der Waals surface area contributed by atoms with Gasteiger partial charge in [-0.15, -0.1) is 0 Å². The van der Waals surface area contributed by atoms with Crippen molar-refractivity contribution in [3.8, 4) is 5.75 Å². The van der Waals surface area contributed by atoms with Gasteiger partial charge in [-0.05, 0) is 36.6 Å². The van der Waals surface area contributed by atoms with Crippen molar-refractivity contribution in [3.05, 3.63) is 47.8 Å². The summed E-state index contributed by atoms with van der Waals surface area (Å²) in [5.74, 6) is 1.15. The number of benzene rings is 1. The van der Waals surface area contributed by atoms with E-state index in [0.717, 1.165) is 24.2 Å². The number of aromatic nitrogens is 2. The van der Waals surface area contributed by atoms with Gasteiger partial charge in [0.25, 0.3) is 5.91 Å². The number of methoxy groups -OCH3 is 1. The molecule has 0 atom stereocenters. The van der Waals surface area contributed by atoms with Gasteiger partial charge < -0.3 is 15.4 Å². The normalized spacial score (nSPS) is 14.8. The molecular formula is C19H24N4O2. The summed E-state index contributed by atoms with van der Waals surface area (Å²) in [5, 5.41) is 6.23. The Bertz CT molecular complexity index is 697. The Hall–Kier alpha value is -2.63. The Kier molecular flexibility index (Phi) is 5.82. The lowest BCUT2D eigenvalue weighted by atomic mass is 9.95. The molecule has 1 aliphatic carbocycles. The van der Waals surface area contributed by atoms with E-state index >= 15 is 0 Å². The maximum atomic E-state index is 12.4. The molecule has 1 aromatic heterocycles. The smallest absolute Gasteiger partial charge is 0.270 e. The van der Waals surface area contributed by atoms with Crippen molar-refractivity contribution in [2.45, 2.75) is 44.7 Å². The first-order chi connectivity index (χ1) is 12.2. The van der Waals surface area contributed by atoms with Crippen molar-refractivity contribution >= 4 is 11.9 Å². The molecule has 3 rings (SSSR count). The van der Waals surface area contributed by atoms with Crippen LogP contribution in [0.2, 0.25) is 0 Å². The monoisotopic (exact) mass is 340 g/mol. The first-order valence-electron chi connectivity index (χ1n) is 8.75. The Morgan fingerprint density at radius 1 is 1.16 bits per heavy atom. The molecule has 132 valence electrons. The van der Waals surface area contributed by atoms with Gasteiger partial charge in [0.15, 0.2) is 0 Å². The molecule has 1 saturated carbocycles. The molecule has 2 N–H and O–H groups in total. The maximum absolute atomic E-state index is 12.4. The molecule has 1 heterocycles. The highest BCUT2D eigenvalue weighted by Gasteiger charge is 2.17. The Labute approximate surface area is 148 Å². The predicted octanol–water partition coefficient (Wildman–Crippen LogP) is 3.16. The third-order valence-corrected chi connectivity index (χ3v) is 4.44.